The van der Waals surface area contributed by atoms with E-state index in [9.17, 15) is 9.18 Å². The van der Waals surface area contributed by atoms with Crippen LogP contribution in [-0.4, -0.2) is 30.9 Å². The van der Waals surface area contributed by atoms with Crippen molar-refractivity contribution in [2.24, 2.45) is 0 Å². The third-order valence-electron chi connectivity index (χ3n) is 5.03. The molecule has 0 unspecified atom stereocenters. The minimum absolute atomic E-state index is 0.0532. The molecule has 0 spiro atoms. The van der Waals surface area contributed by atoms with E-state index in [1.807, 2.05) is 35.0 Å². The summed E-state index contributed by atoms with van der Waals surface area (Å²) in [7, 11) is 0. The molecule has 0 saturated heterocycles. The fourth-order valence-electron chi connectivity index (χ4n) is 3.56. The lowest BCUT2D eigenvalue weighted by molar-refractivity contribution is 0.102. The summed E-state index contributed by atoms with van der Waals surface area (Å²) in [5.74, 6) is 0.107. The van der Waals surface area contributed by atoms with Gasteiger partial charge in [-0.2, -0.15) is 5.26 Å². The number of Topliss-reactive ketones (excluding diaryl/α,β-unsaturated/α-hetero) is 1. The number of benzene rings is 2. The van der Waals surface area contributed by atoms with E-state index in [0.717, 1.165) is 10.9 Å². The number of carbonyl (C=O) groups is 1. The summed E-state index contributed by atoms with van der Waals surface area (Å²) in [5.41, 5.74) is 1.88. The van der Waals surface area contributed by atoms with E-state index >= 15 is 0 Å². The first-order valence-electron chi connectivity index (χ1n) is 10.0. The second-order valence-corrected chi connectivity index (χ2v) is 8.00. The van der Waals surface area contributed by atoms with Crippen molar-refractivity contribution in [2.75, 3.05) is 5.75 Å². The highest BCUT2D eigenvalue weighted by atomic mass is 32.2. The fraction of sp³-hybridized carbons (Fsp3) is 0.167. The number of rotatable bonds is 9. The summed E-state index contributed by atoms with van der Waals surface area (Å²) >= 11 is 1.25. The van der Waals surface area contributed by atoms with Crippen LogP contribution in [0.4, 0.5) is 4.39 Å². The van der Waals surface area contributed by atoms with E-state index in [0.29, 0.717) is 41.6 Å². The van der Waals surface area contributed by atoms with Crippen LogP contribution in [0.1, 0.15) is 16.8 Å². The first-order chi connectivity index (χ1) is 15.6. The quantitative estimate of drug-likeness (QED) is 0.203. The number of hydrogen-bond acceptors (Lipinski definition) is 5. The number of fused-ring (bicyclic) bond motifs is 1. The first-order valence-corrected chi connectivity index (χ1v) is 11.0. The van der Waals surface area contributed by atoms with Crippen LogP contribution in [0.25, 0.3) is 22.3 Å². The standard InChI is InChI=1S/C24H20FN5OS/c1-2-13-30-23(18-9-3-5-10-20(18)25)27-28-24(30)32-16-22(31)19-15-29(14-7-12-26)21-11-6-4-8-17(19)21/h2-6,8-11,15H,1,7,13-14,16H2. The van der Waals surface area contributed by atoms with Crippen molar-refractivity contribution in [1.29, 1.82) is 5.26 Å². The number of ketones is 1. The van der Waals surface area contributed by atoms with Gasteiger partial charge >= 0.3 is 0 Å². The SMILES string of the molecule is C=CCn1c(SCC(=O)c2cn(CCC#N)c3ccccc23)nnc1-c1ccccc1F. The van der Waals surface area contributed by atoms with Crippen LogP contribution in [0.2, 0.25) is 0 Å². The number of aryl methyl sites for hydroxylation is 1. The van der Waals surface area contributed by atoms with Gasteiger partial charge in [0.15, 0.2) is 16.8 Å². The van der Waals surface area contributed by atoms with E-state index in [-0.39, 0.29) is 17.4 Å². The summed E-state index contributed by atoms with van der Waals surface area (Å²) in [6.07, 6.45) is 3.86. The highest BCUT2D eigenvalue weighted by molar-refractivity contribution is 7.99. The van der Waals surface area contributed by atoms with E-state index in [1.54, 1.807) is 28.8 Å². The van der Waals surface area contributed by atoms with Crippen LogP contribution in [-0.2, 0) is 13.1 Å². The molecular formula is C24H20FN5OS. The Morgan fingerprint density at radius 2 is 1.97 bits per heavy atom. The molecule has 160 valence electrons. The lowest BCUT2D eigenvalue weighted by atomic mass is 10.1. The van der Waals surface area contributed by atoms with Crippen LogP contribution in [0, 0.1) is 17.1 Å². The van der Waals surface area contributed by atoms with Crippen molar-refractivity contribution in [3.05, 3.63) is 78.8 Å². The molecule has 0 aliphatic rings. The number of carbonyl (C=O) groups excluding carboxylic acids is 1. The Hall–Kier alpha value is -3.70. The molecule has 0 amide bonds. The number of halogens is 1. The summed E-state index contributed by atoms with van der Waals surface area (Å²) in [6, 6.07) is 16.2. The topological polar surface area (TPSA) is 76.5 Å². The van der Waals surface area contributed by atoms with Gasteiger partial charge in [-0.3, -0.25) is 9.36 Å². The van der Waals surface area contributed by atoms with Gasteiger partial charge in [0.05, 0.1) is 23.8 Å². The zero-order chi connectivity index (χ0) is 22.5. The van der Waals surface area contributed by atoms with Crippen molar-refractivity contribution < 1.29 is 9.18 Å². The highest BCUT2D eigenvalue weighted by Crippen LogP contribution is 2.28. The van der Waals surface area contributed by atoms with Crippen molar-refractivity contribution in [1.82, 2.24) is 19.3 Å². The van der Waals surface area contributed by atoms with Gasteiger partial charge in [0.2, 0.25) is 0 Å². The van der Waals surface area contributed by atoms with Gasteiger partial charge in [-0.25, -0.2) is 4.39 Å². The molecule has 2 aromatic heterocycles. The van der Waals surface area contributed by atoms with Crippen LogP contribution in [0.15, 0.2) is 72.5 Å². The van der Waals surface area contributed by atoms with Crippen LogP contribution in [0.5, 0.6) is 0 Å². The van der Waals surface area contributed by atoms with Crippen LogP contribution >= 0.6 is 11.8 Å². The average Bonchev–Trinajstić information content (AvgIpc) is 3.38. The Balaban J connectivity index is 1.59. The summed E-state index contributed by atoms with van der Waals surface area (Å²) in [5, 5.41) is 18.6. The van der Waals surface area contributed by atoms with Gasteiger partial charge in [-0.05, 0) is 18.2 Å². The highest BCUT2D eigenvalue weighted by Gasteiger charge is 2.19. The van der Waals surface area contributed by atoms with Gasteiger partial charge in [0, 0.05) is 35.8 Å². The van der Waals surface area contributed by atoms with Crippen LogP contribution in [0.3, 0.4) is 0 Å². The molecule has 0 fully saturated rings. The van der Waals surface area contributed by atoms with E-state index in [4.69, 9.17) is 5.26 Å². The second-order valence-electron chi connectivity index (χ2n) is 7.06. The molecule has 0 aliphatic heterocycles. The molecule has 2 heterocycles. The smallest absolute Gasteiger partial charge is 0.192 e. The lowest BCUT2D eigenvalue weighted by Crippen LogP contribution is -2.05. The number of nitriles is 1. The maximum atomic E-state index is 14.3. The van der Waals surface area contributed by atoms with Crippen molar-refractivity contribution in [2.45, 2.75) is 24.7 Å². The maximum Gasteiger partial charge on any atom is 0.192 e. The molecule has 8 heteroatoms. The van der Waals surface area contributed by atoms with E-state index < -0.39 is 0 Å². The molecule has 6 nitrogen and oxygen atoms in total. The third kappa shape index (κ3) is 4.20. The molecule has 2 aromatic carbocycles. The maximum absolute atomic E-state index is 14.3. The van der Waals surface area contributed by atoms with Gasteiger partial charge in [-0.1, -0.05) is 48.2 Å². The molecule has 0 bridgehead atoms. The molecule has 0 aliphatic carbocycles. The molecule has 0 radical (unpaired) electrons. The normalized spacial score (nSPS) is 10.9. The number of allylic oxidation sites excluding steroid dienone is 1. The van der Waals surface area contributed by atoms with Crippen molar-refractivity contribution >= 4 is 28.4 Å². The molecular weight excluding hydrogens is 425 g/mol. The fourth-order valence-corrected chi connectivity index (χ4v) is 4.39. The number of para-hydroxylation sites is 1. The predicted octanol–water partition coefficient (Wildman–Crippen LogP) is 5.11. The van der Waals surface area contributed by atoms with E-state index in [1.165, 1.54) is 17.8 Å². The minimum atomic E-state index is -0.386. The zero-order valence-corrected chi connectivity index (χ0v) is 18.1. The van der Waals surface area contributed by atoms with Gasteiger partial charge in [0.1, 0.15) is 5.82 Å². The number of aromatic nitrogens is 4. The number of nitrogens with zero attached hydrogens (tertiary/aromatic N) is 5. The largest absolute Gasteiger partial charge is 0.346 e. The van der Waals surface area contributed by atoms with Crippen molar-refractivity contribution in [3.8, 4) is 17.5 Å². The summed E-state index contributed by atoms with van der Waals surface area (Å²) in [4.78, 5) is 13.1. The minimum Gasteiger partial charge on any atom is -0.346 e. The van der Waals surface area contributed by atoms with Crippen LogP contribution < -0.4 is 0 Å². The number of thioether (sulfide) groups is 1. The molecule has 4 aromatic rings. The molecule has 0 N–H and O–H groups in total. The Labute approximate surface area is 189 Å². The third-order valence-corrected chi connectivity index (χ3v) is 6.00. The predicted molar refractivity (Wildman–Crippen MR) is 123 cm³/mol. The molecule has 0 saturated carbocycles. The Kier molecular flexibility index (Phi) is 6.47. The zero-order valence-electron chi connectivity index (χ0n) is 17.2. The second kappa shape index (κ2) is 9.62. The van der Waals surface area contributed by atoms with Crippen molar-refractivity contribution in [3.63, 3.8) is 0 Å². The Bertz CT molecular complexity index is 1330. The Morgan fingerprint density at radius 3 is 2.75 bits per heavy atom. The average molecular weight is 446 g/mol. The molecule has 4 rings (SSSR count). The van der Waals surface area contributed by atoms with E-state index in [2.05, 4.69) is 22.8 Å². The monoisotopic (exact) mass is 445 g/mol. The lowest BCUT2D eigenvalue weighted by Gasteiger charge is -2.08. The summed E-state index contributed by atoms with van der Waals surface area (Å²) in [6.45, 7) is 4.68. The summed E-state index contributed by atoms with van der Waals surface area (Å²) < 4.78 is 18.0. The van der Waals surface area contributed by atoms with Gasteiger partial charge in [0.25, 0.3) is 0 Å². The first kappa shape index (κ1) is 21.5. The molecule has 0 atom stereocenters. The number of hydrogen-bond donors (Lipinski definition) is 0. The Morgan fingerprint density at radius 1 is 1.19 bits per heavy atom. The van der Waals surface area contributed by atoms with Gasteiger partial charge < -0.3 is 4.57 Å². The molecule has 32 heavy (non-hydrogen) atoms. The van der Waals surface area contributed by atoms with Gasteiger partial charge in [-0.15, -0.1) is 16.8 Å².